The van der Waals surface area contributed by atoms with E-state index >= 15 is 0 Å². The third-order valence-electron chi connectivity index (χ3n) is 3.86. The van der Waals surface area contributed by atoms with E-state index < -0.39 is 0 Å². The average molecular weight is 389 g/mol. The number of rotatable bonds is 8. The van der Waals surface area contributed by atoms with Crippen LogP contribution in [0.3, 0.4) is 0 Å². The highest BCUT2D eigenvalue weighted by Crippen LogP contribution is 2.21. The van der Waals surface area contributed by atoms with Gasteiger partial charge in [0.25, 0.3) is 0 Å². The summed E-state index contributed by atoms with van der Waals surface area (Å²) < 4.78 is 5.75. The summed E-state index contributed by atoms with van der Waals surface area (Å²) in [5, 5.41) is 3.51. The summed E-state index contributed by atoms with van der Waals surface area (Å²) in [5.41, 5.74) is 1.66. The summed E-state index contributed by atoms with van der Waals surface area (Å²) in [5.74, 6) is 0.671. The number of benzene rings is 2. The van der Waals surface area contributed by atoms with E-state index in [9.17, 15) is 9.59 Å². The minimum Gasteiger partial charge on any atom is -0.489 e. The highest BCUT2D eigenvalue weighted by molar-refractivity contribution is 6.30. The molecule has 0 saturated carbocycles. The molecular formula is C21H25ClN2O3. The lowest BCUT2D eigenvalue weighted by Gasteiger charge is -2.21. The highest BCUT2D eigenvalue weighted by atomic mass is 35.5. The Balaban J connectivity index is 1.96. The number of carbonyl (C=O) groups is 2. The number of hydrogen-bond acceptors (Lipinski definition) is 3. The van der Waals surface area contributed by atoms with Gasteiger partial charge >= 0.3 is 0 Å². The van der Waals surface area contributed by atoms with Gasteiger partial charge in [-0.2, -0.15) is 0 Å². The minimum atomic E-state index is -0.190. The van der Waals surface area contributed by atoms with E-state index in [0.717, 1.165) is 5.56 Å². The van der Waals surface area contributed by atoms with Crippen molar-refractivity contribution < 1.29 is 14.3 Å². The molecule has 1 N–H and O–H groups in total. The number of amides is 2. The van der Waals surface area contributed by atoms with Crippen LogP contribution in [0.1, 0.15) is 26.3 Å². The first-order chi connectivity index (χ1) is 12.8. The number of ether oxygens (including phenoxy) is 1. The highest BCUT2D eigenvalue weighted by Gasteiger charge is 2.16. The van der Waals surface area contributed by atoms with Crippen LogP contribution in [0.5, 0.6) is 5.75 Å². The number of nitrogens with zero attached hydrogens (tertiary/aromatic N) is 1. The topological polar surface area (TPSA) is 58.6 Å². The second-order valence-corrected chi connectivity index (χ2v) is 7.15. The summed E-state index contributed by atoms with van der Waals surface area (Å²) in [6, 6.07) is 14.6. The predicted octanol–water partition coefficient (Wildman–Crippen LogP) is 4.04. The summed E-state index contributed by atoms with van der Waals surface area (Å²) in [7, 11) is 0. The number of carbonyl (C=O) groups excluding carboxylic acids is 2. The Morgan fingerprint density at radius 2 is 1.70 bits per heavy atom. The van der Waals surface area contributed by atoms with Gasteiger partial charge in [-0.15, -0.1) is 0 Å². The molecule has 0 aliphatic heterocycles. The van der Waals surface area contributed by atoms with E-state index in [4.69, 9.17) is 16.3 Å². The second kappa shape index (κ2) is 9.97. The normalized spacial score (nSPS) is 10.6. The van der Waals surface area contributed by atoms with Gasteiger partial charge in [0.1, 0.15) is 18.9 Å². The fourth-order valence-corrected chi connectivity index (χ4v) is 2.50. The SMILES string of the molecule is CC(=O)N(CC(=O)NCC(C)C)c1ccc(OCc2ccc(Cl)cc2)cc1. The Bertz CT molecular complexity index is 758. The molecule has 0 aromatic heterocycles. The van der Waals surface area contributed by atoms with Crippen LogP contribution in [0, 0.1) is 5.92 Å². The molecule has 2 aromatic rings. The molecule has 2 aromatic carbocycles. The Morgan fingerprint density at radius 1 is 1.07 bits per heavy atom. The molecule has 5 nitrogen and oxygen atoms in total. The third kappa shape index (κ3) is 6.94. The smallest absolute Gasteiger partial charge is 0.240 e. The number of halogens is 1. The maximum absolute atomic E-state index is 12.0. The first kappa shape index (κ1) is 20.8. The summed E-state index contributed by atoms with van der Waals surface area (Å²) in [4.78, 5) is 25.4. The minimum absolute atomic E-state index is 0.00691. The molecule has 27 heavy (non-hydrogen) atoms. The Morgan fingerprint density at radius 3 is 2.26 bits per heavy atom. The van der Waals surface area contributed by atoms with Gasteiger partial charge in [-0.1, -0.05) is 37.6 Å². The molecule has 0 fully saturated rings. The van der Waals surface area contributed by atoms with Gasteiger partial charge in [-0.3, -0.25) is 9.59 Å². The van der Waals surface area contributed by atoms with Crippen LogP contribution in [0.4, 0.5) is 5.69 Å². The second-order valence-electron chi connectivity index (χ2n) is 6.71. The number of hydrogen-bond donors (Lipinski definition) is 1. The molecule has 0 unspecified atom stereocenters. The Hall–Kier alpha value is -2.53. The van der Waals surface area contributed by atoms with E-state index in [2.05, 4.69) is 5.32 Å². The van der Waals surface area contributed by atoms with Crippen molar-refractivity contribution in [3.05, 3.63) is 59.1 Å². The van der Waals surface area contributed by atoms with Crippen LogP contribution in [0.15, 0.2) is 48.5 Å². The number of anilines is 1. The maximum atomic E-state index is 12.0. The van der Waals surface area contributed by atoms with Crippen molar-refractivity contribution in [2.45, 2.75) is 27.4 Å². The third-order valence-corrected chi connectivity index (χ3v) is 4.11. The van der Waals surface area contributed by atoms with Gasteiger partial charge in [0.15, 0.2) is 0 Å². The van der Waals surface area contributed by atoms with Crippen LogP contribution in [-0.4, -0.2) is 24.9 Å². The van der Waals surface area contributed by atoms with Crippen molar-refractivity contribution in [2.24, 2.45) is 5.92 Å². The van der Waals surface area contributed by atoms with E-state index in [1.807, 2.05) is 38.1 Å². The Kier molecular flexibility index (Phi) is 7.67. The van der Waals surface area contributed by atoms with Gasteiger partial charge < -0.3 is 15.0 Å². The fourth-order valence-electron chi connectivity index (χ4n) is 2.37. The number of nitrogens with one attached hydrogen (secondary N) is 1. The van der Waals surface area contributed by atoms with Crippen molar-refractivity contribution in [3.63, 3.8) is 0 Å². The van der Waals surface area contributed by atoms with Crippen molar-refractivity contribution in [1.82, 2.24) is 5.32 Å². The van der Waals surface area contributed by atoms with Gasteiger partial charge in [-0.05, 0) is 47.9 Å². The van der Waals surface area contributed by atoms with Crippen LogP contribution in [0.2, 0.25) is 5.02 Å². The molecular weight excluding hydrogens is 364 g/mol. The summed E-state index contributed by atoms with van der Waals surface area (Å²) in [6.07, 6.45) is 0. The molecule has 0 atom stereocenters. The largest absolute Gasteiger partial charge is 0.489 e. The lowest BCUT2D eigenvalue weighted by Crippen LogP contribution is -2.40. The fraction of sp³-hybridized carbons (Fsp3) is 0.333. The molecule has 0 aliphatic carbocycles. The Labute approximate surface area is 165 Å². The molecule has 0 aliphatic rings. The van der Waals surface area contributed by atoms with Crippen LogP contribution >= 0.6 is 11.6 Å². The van der Waals surface area contributed by atoms with E-state index in [1.54, 1.807) is 24.3 Å². The molecule has 2 amide bonds. The van der Waals surface area contributed by atoms with Crippen LogP contribution in [-0.2, 0) is 16.2 Å². The van der Waals surface area contributed by atoms with Crippen molar-refractivity contribution in [1.29, 1.82) is 0 Å². The molecule has 0 heterocycles. The predicted molar refractivity (Wildman–Crippen MR) is 108 cm³/mol. The molecule has 6 heteroatoms. The molecule has 0 radical (unpaired) electrons. The van der Waals surface area contributed by atoms with E-state index in [0.29, 0.717) is 35.5 Å². The quantitative estimate of drug-likeness (QED) is 0.742. The zero-order valence-corrected chi connectivity index (χ0v) is 16.6. The first-order valence-corrected chi connectivity index (χ1v) is 9.25. The van der Waals surface area contributed by atoms with Crippen molar-refractivity contribution >= 4 is 29.1 Å². The molecule has 0 bridgehead atoms. The first-order valence-electron chi connectivity index (χ1n) is 8.87. The van der Waals surface area contributed by atoms with Crippen molar-refractivity contribution in [2.75, 3.05) is 18.0 Å². The van der Waals surface area contributed by atoms with E-state index in [1.165, 1.54) is 11.8 Å². The summed E-state index contributed by atoms with van der Waals surface area (Å²) in [6.45, 7) is 6.48. The van der Waals surface area contributed by atoms with Gasteiger partial charge in [-0.25, -0.2) is 0 Å². The molecule has 144 valence electrons. The monoisotopic (exact) mass is 388 g/mol. The van der Waals surface area contributed by atoms with Gasteiger partial charge in [0.05, 0.1) is 0 Å². The maximum Gasteiger partial charge on any atom is 0.240 e. The van der Waals surface area contributed by atoms with Gasteiger partial charge in [0.2, 0.25) is 11.8 Å². The summed E-state index contributed by atoms with van der Waals surface area (Å²) >= 11 is 5.87. The zero-order valence-electron chi connectivity index (χ0n) is 15.9. The lowest BCUT2D eigenvalue weighted by molar-refractivity contribution is -0.123. The van der Waals surface area contributed by atoms with Crippen LogP contribution < -0.4 is 15.0 Å². The zero-order chi connectivity index (χ0) is 19.8. The van der Waals surface area contributed by atoms with Crippen LogP contribution in [0.25, 0.3) is 0 Å². The molecule has 2 rings (SSSR count). The van der Waals surface area contributed by atoms with Gasteiger partial charge in [0, 0.05) is 24.2 Å². The van der Waals surface area contributed by atoms with Crippen molar-refractivity contribution in [3.8, 4) is 5.75 Å². The molecule has 0 spiro atoms. The lowest BCUT2D eigenvalue weighted by atomic mass is 10.2. The molecule has 0 saturated heterocycles. The average Bonchev–Trinajstić information content (AvgIpc) is 2.64. The standard InChI is InChI=1S/C21H25ClN2O3/c1-15(2)12-23-21(26)13-24(16(3)25)19-8-10-20(11-9-19)27-14-17-4-6-18(22)7-5-17/h4-11,15H,12-14H2,1-3H3,(H,23,26). The van der Waals surface area contributed by atoms with E-state index in [-0.39, 0.29) is 18.4 Å².